The van der Waals surface area contributed by atoms with Crippen LogP contribution in [0.4, 0.5) is 0 Å². The fraction of sp³-hybridized carbons (Fsp3) is 0.200. The van der Waals surface area contributed by atoms with E-state index in [9.17, 15) is 14.7 Å². The number of halogens is 1. The first-order valence-electron chi connectivity index (χ1n) is 6.39. The van der Waals surface area contributed by atoms with Gasteiger partial charge < -0.3 is 15.2 Å². The van der Waals surface area contributed by atoms with Crippen LogP contribution in [0.1, 0.15) is 10.4 Å². The Morgan fingerprint density at radius 1 is 1.41 bits per heavy atom. The molecule has 0 fully saturated rings. The number of amides is 1. The average molecular weight is 384 g/mol. The van der Waals surface area contributed by atoms with E-state index in [1.165, 1.54) is 18.4 Å². The van der Waals surface area contributed by atoms with E-state index in [0.717, 1.165) is 14.9 Å². The summed E-state index contributed by atoms with van der Waals surface area (Å²) in [5.74, 6) is -1.13. The van der Waals surface area contributed by atoms with Gasteiger partial charge in [0, 0.05) is 20.5 Å². The van der Waals surface area contributed by atoms with Gasteiger partial charge in [-0.2, -0.15) is 0 Å². The topological polar surface area (TPSA) is 75.6 Å². The molecule has 7 heteroatoms. The molecular formula is C15H14BrNO4S. The summed E-state index contributed by atoms with van der Waals surface area (Å²) < 4.78 is 5.39. The molecule has 0 saturated carbocycles. The largest absolute Gasteiger partial charge is 0.467 e. The summed E-state index contributed by atoms with van der Waals surface area (Å²) in [4.78, 5) is 24.8. The molecule has 0 aliphatic rings. The fourth-order valence-electron chi connectivity index (χ4n) is 1.91. The number of carbonyl (C=O) groups is 2. The molecule has 0 saturated heterocycles. The van der Waals surface area contributed by atoms with Crippen LogP contribution in [0.25, 0.3) is 10.4 Å². The number of nitrogens with one attached hydrogen (secondary N) is 1. The molecular weight excluding hydrogens is 370 g/mol. The number of aliphatic hydroxyl groups is 1. The molecule has 22 heavy (non-hydrogen) atoms. The average Bonchev–Trinajstić information content (AvgIpc) is 3.05. The standard InChI is InChI=1S/C15H14BrNO4S/c1-21-15(20)12(8-18)17-14(19)10-5-4-9(16)7-11(10)13-3-2-6-22-13/h2-7,12,18H,8H2,1H3,(H,17,19)/t12-/m0/s1. The lowest BCUT2D eigenvalue weighted by atomic mass is 10.0. The van der Waals surface area contributed by atoms with Crippen molar-refractivity contribution in [2.45, 2.75) is 6.04 Å². The van der Waals surface area contributed by atoms with Crippen molar-refractivity contribution in [3.63, 3.8) is 0 Å². The summed E-state index contributed by atoms with van der Waals surface area (Å²) in [6.07, 6.45) is 0. The van der Waals surface area contributed by atoms with Gasteiger partial charge in [-0.15, -0.1) is 11.3 Å². The predicted octanol–water partition coefficient (Wildman–Crippen LogP) is 2.44. The molecule has 0 aliphatic carbocycles. The molecule has 1 aromatic carbocycles. The van der Waals surface area contributed by atoms with Crippen LogP contribution in [0.15, 0.2) is 40.2 Å². The third kappa shape index (κ3) is 3.73. The molecule has 116 valence electrons. The van der Waals surface area contributed by atoms with E-state index in [1.807, 2.05) is 23.6 Å². The Morgan fingerprint density at radius 3 is 2.77 bits per heavy atom. The zero-order valence-corrected chi connectivity index (χ0v) is 14.1. The summed E-state index contributed by atoms with van der Waals surface area (Å²) in [5, 5.41) is 13.6. The van der Waals surface area contributed by atoms with Crippen LogP contribution in [0.2, 0.25) is 0 Å². The van der Waals surface area contributed by atoms with E-state index in [2.05, 4.69) is 26.0 Å². The van der Waals surface area contributed by atoms with Gasteiger partial charge in [0.25, 0.3) is 5.91 Å². The van der Waals surface area contributed by atoms with Gasteiger partial charge in [0.2, 0.25) is 0 Å². The molecule has 0 unspecified atom stereocenters. The highest BCUT2D eigenvalue weighted by molar-refractivity contribution is 9.10. The monoisotopic (exact) mass is 383 g/mol. The minimum Gasteiger partial charge on any atom is -0.467 e. The van der Waals surface area contributed by atoms with E-state index in [1.54, 1.807) is 12.1 Å². The Labute approximate surface area is 140 Å². The highest BCUT2D eigenvalue weighted by atomic mass is 79.9. The normalized spacial score (nSPS) is 11.8. The van der Waals surface area contributed by atoms with Crippen LogP contribution in [0, 0.1) is 0 Å². The maximum Gasteiger partial charge on any atom is 0.330 e. The van der Waals surface area contributed by atoms with Gasteiger partial charge in [-0.25, -0.2) is 4.79 Å². The van der Waals surface area contributed by atoms with E-state index >= 15 is 0 Å². The fourth-order valence-corrected chi connectivity index (χ4v) is 3.03. The van der Waals surface area contributed by atoms with Crippen LogP contribution in [-0.4, -0.2) is 36.7 Å². The molecule has 1 amide bonds. The SMILES string of the molecule is COC(=O)[C@H](CO)NC(=O)c1ccc(Br)cc1-c1cccs1. The molecule has 1 atom stereocenters. The minimum absolute atomic E-state index is 0.424. The second-order valence-corrected chi connectivity index (χ2v) is 6.26. The molecule has 0 spiro atoms. The molecule has 0 radical (unpaired) electrons. The lowest BCUT2D eigenvalue weighted by molar-refractivity contribution is -0.143. The lowest BCUT2D eigenvalue weighted by Crippen LogP contribution is -2.44. The van der Waals surface area contributed by atoms with Crippen molar-refractivity contribution in [3.05, 3.63) is 45.7 Å². The minimum atomic E-state index is -1.09. The van der Waals surface area contributed by atoms with Gasteiger partial charge in [-0.05, 0) is 29.6 Å². The zero-order chi connectivity index (χ0) is 16.1. The van der Waals surface area contributed by atoms with Gasteiger partial charge in [-0.1, -0.05) is 22.0 Å². The van der Waals surface area contributed by atoms with E-state index in [4.69, 9.17) is 0 Å². The number of benzene rings is 1. The first-order valence-corrected chi connectivity index (χ1v) is 8.07. The highest BCUT2D eigenvalue weighted by Gasteiger charge is 2.23. The third-order valence-electron chi connectivity index (χ3n) is 2.99. The van der Waals surface area contributed by atoms with Gasteiger partial charge >= 0.3 is 5.97 Å². The van der Waals surface area contributed by atoms with Gasteiger partial charge in [0.05, 0.1) is 13.7 Å². The zero-order valence-electron chi connectivity index (χ0n) is 11.7. The first kappa shape index (κ1) is 16.7. The molecule has 0 aliphatic heterocycles. The summed E-state index contributed by atoms with van der Waals surface area (Å²) in [5.41, 5.74) is 1.18. The highest BCUT2D eigenvalue weighted by Crippen LogP contribution is 2.30. The summed E-state index contributed by atoms with van der Waals surface area (Å²) >= 11 is 4.90. The van der Waals surface area contributed by atoms with Crippen molar-refractivity contribution in [1.29, 1.82) is 0 Å². The smallest absolute Gasteiger partial charge is 0.330 e. The Balaban J connectivity index is 2.32. The van der Waals surface area contributed by atoms with Gasteiger partial charge in [-0.3, -0.25) is 4.79 Å². The first-order chi connectivity index (χ1) is 10.6. The Hall–Kier alpha value is -1.70. The molecule has 2 aromatic rings. The van der Waals surface area contributed by atoms with Crippen molar-refractivity contribution in [3.8, 4) is 10.4 Å². The van der Waals surface area contributed by atoms with Crippen LogP contribution in [0.3, 0.4) is 0 Å². The van der Waals surface area contributed by atoms with E-state index in [-0.39, 0.29) is 0 Å². The van der Waals surface area contributed by atoms with Crippen LogP contribution in [-0.2, 0) is 9.53 Å². The summed E-state index contributed by atoms with van der Waals surface area (Å²) in [7, 11) is 1.20. The van der Waals surface area contributed by atoms with Crippen molar-refractivity contribution < 1.29 is 19.4 Å². The molecule has 1 aromatic heterocycles. The number of carbonyl (C=O) groups excluding carboxylic acids is 2. The Morgan fingerprint density at radius 2 is 2.18 bits per heavy atom. The van der Waals surface area contributed by atoms with Crippen molar-refractivity contribution >= 4 is 39.1 Å². The number of rotatable bonds is 5. The number of hydrogen-bond acceptors (Lipinski definition) is 5. The van der Waals surface area contributed by atoms with Crippen LogP contribution >= 0.6 is 27.3 Å². The lowest BCUT2D eigenvalue weighted by Gasteiger charge is -2.15. The molecule has 2 N–H and O–H groups in total. The molecule has 1 heterocycles. The maximum atomic E-state index is 12.4. The summed E-state index contributed by atoms with van der Waals surface area (Å²) in [6, 6.07) is 7.98. The quantitative estimate of drug-likeness (QED) is 0.777. The van der Waals surface area contributed by atoms with Crippen molar-refractivity contribution in [2.24, 2.45) is 0 Å². The van der Waals surface area contributed by atoms with E-state index < -0.39 is 24.5 Å². The predicted molar refractivity (Wildman–Crippen MR) is 87.8 cm³/mol. The summed E-state index contributed by atoms with van der Waals surface area (Å²) in [6.45, 7) is -0.525. The number of ether oxygens (including phenoxy) is 1. The van der Waals surface area contributed by atoms with Crippen molar-refractivity contribution in [2.75, 3.05) is 13.7 Å². The molecule has 0 bridgehead atoms. The number of hydrogen-bond donors (Lipinski definition) is 2. The number of thiophene rings is 1. The second-order valence-electron chi connectivity index (χ2n) is 4.40. The van der Waals surface area contributed by atoms with Crippen molar-refractivity contribution in [1.82, 2.24) is 5.32 Å². The second kappa shape index (κ2) is 7.53. The maximum absolute atomic E-state index is 12.4. The number of methoxy groups -OCH3 is 1. The van der Waals surface area contributed by atoms with Gasteiger partial charge in [0.15, 0.2) is 6.04 Å². The third-order valence-corrected chi connectivity index (χ3v) is 4.38. The Kier molecular flexibility index (Phi) is 5.70. The van der Waals surface area contributed by atoms with Crippen LogP contribution < -0.4 is 5.32 Å². The number of aliphatic hydroxyl groups excluding tert-OH is 1. The number of esters is 1. The van der Waals surface area contributed by atoms with E-state index in [0.29, 0.717) is 5.56 Å². The van der Waals surface area contributed by atoms with Crippen LogP contribution in [0.5, 0.6) is 0 Å². The Bertz CT molecular complexity index is 672. The molecule has 5 nitrogen and oxygen atoms in total. The van der Waals surface area contributed by atoms with Gasteiger partial charge in [0.1, 0.15) is 0 Å². The molecule has 2 rings (SSSR count).